The number of sulfone groups is 1. The number of aromatic nitrogens is 3. The minimum Gasteiger partial charge on any atom is -0.496 e. The summed E-state index contributed by atoms with van der Waals surface area (Å²) >= 11 is 0. The van der Waals surface area contributed by atoms with Gasteiger partial charge >= 0.3 is 0 Å². The first-order valence-corrected chi connectivity index (χ1v) is 22.9. The number of methoxy groups -OCH3 is 1. The van der Waals surface area contributed by atoms with Crippen LogP contribution in [-0.2, 0) is 37.1 Å². The first-order chi connectivity index (χ1) is 30.3. The molecule has 0 bridgehead atoms. The Morgan fingerprint density at radius 3 is 2.27 bits per heavy atom. The molecule has 5 heterocycles. The summed E-state index contributed by atoms with van der Waals surface area (Å²) in [4.78, 5) is 85.5. The number of benzene rings is 3. The molecular weight excluding hydrogens is 827 g/mol. The Morgan fingerprint density at radius 2 is 1.57 bits per heavy atom. The highest BCUT2D eigenvalue weighted by atomic mass is 32.2. The average Bonchev–Trinajstić information content (AvgIpc) is 3.54. The Bertz CT molecular complexity index is 2550. The van der Waals surface area contributed by atoms with Crippen LogP contribution in [-0.4, -0.2) is 138 Å². The standard InChI is InChI=1S/C45H51N9O8S/c1-28(2)63(60,61)37-10-5-4-7-30(37)24-39-48-27-47-38(49-39)23-29-11-12-32(25-36(29)62-3)51-17-15-31(16-18-51)52-19-21-53(22-20-52)41(56)26-46-34-9-6-8-33-42(34)45(59)54(44(33)58)35-13-14-40(55)50-43(35)57/h4-12,25,27-28,31,35,46H,13-24,26H2,1-3H3,(H,50,55,57). The van der Waals surface area contributed by atoms with E-state index in [1.807, 2.05) is 17.0 Å². The van der Waals surface area contributed by atoms with E-state index in [4.69, 9.17) is 9.72 Å². The van der Waals surface area contributed by atoms with Gasteiger partial charge in [0.1, 0.15) is 29.8 Å². The zero-order valence-corrected chi connectivity index (χ0v) is 36.4. The SMILES string of the molecule is COc1cc(N2CCC(N3CCN(C(=O)CNc4cccc5c4C(=O)N(C4CCC(=O)NC4=O)C5=O)CC3)CC2)ccc1Cc1ncnc(Cc2ccccc2S(=O)(=O)C(C)C)n1. The van der Waals surface area contributed by atoms with Gasteiger partial charge in [-0.3, -0.25) is 39.1 Å². The number of piperazine rings is 1. The largest absolute Gasteiger partial charge is 0.496 e. The first kappa shape index (κ1) is 43.4. The summed E-state index contributed by atoms with van der Waals surface area (Å²) in [5.41, 5.74) is 3.26. The minimum atomic E-state index is -3.48. The summed E-state index contributed by atoms with van der Waals surface area (Å²) in [7, 11) is -1.83. The van der Waals surface area contributed by atoms with Crippen LogP contribution in [0, 0.1) is 0 Å². The lowest BCUT2D eigenvalue weighted by Crippen LogP contribution is -2.55. The topological polar surface area (TPSA) is 204 Å². The van der Waals surface area contributed by atoms with Crippen molar-refractivity contribution in [1.29, 1.82) is 0 Å². The maximum Gasteiger partial charge on any atom is 0.264 e. The number of rotatable bonds is 13. The van der Waals surface area contributed by atoms with Crippen LogP contribution in [0.25, 0.3) is 0 Å². The van der Waals surface area contributed by atoms with Crippen LogP contribution in [0.1, 0.15) is 83.0 Å². The molecule has 330 valence electrons. The van der Waals surface area contributed by atoms with Crippen molar-refractivity contribution in [3.8, 4) is 5.75 Å². The van der Waals surface area contributed by atoms with E-state index in [2.05, 4.69) is 42.5 Å². The van der Waals surface area contributed by atoms with Crippen LogP contribution in [0.15, 0.2) is 71.9 Å². The van der Waals surface area contributed by atoms with E-state index in [9.17, 15) is 32.4 Å². The third kappa shape index (κ3) is 9.00. The van der Waals surface area contributed by atoms with Gasteiger partial charge in [-0.2, -0.15) is 0 Å². The molecule has 0 radical (unpaired) electrons. The quantitative estimate of drug-likeness (QED) is 0.186. The molecular formula is C45H51N9O8S. The van der Waals surface area contributed by atoms with Crippen LogP contribution in [0.2, 0.25) is 0 Å². The van der Waals surface area contributed by atoms with Crippen molar-refractivity contribution < 1.29 is 37.1 Å². The normalized spacial score (nSPS) is 18.8. The second-order valence-electron chi connectivity index (χ2n) is 16.5. The fraction of sp³-hybridized carbons (Fsp3) is 0.422. The Labute approximate surface area is 366 Å². The zero-order chi connectivity index (χ0) is 44.4. The number of carbonyl (C=O) groups is 5. The van der Waals surface area contributed by atoms with Crippen LogP contribution >= 0.6 is 0 Å². The minimum absolute atomic E-state index is 0.0331. The zero-order valence-electron chi connectivity index (χ0n) is 35.6. The highest BCUT2D eigenvalue weighted by Gasteiger charge is 2.45. The number of hydrogen-bond acceptors (Lipinski definition) is 14. The van der Waals surface area contributed by atoms with E-state index >= 15 is 0 Å². The van der Waals surface area contributed by atoms with Gasteiger partial charge in [-0.1, -0.05) is 30.3 Å². The maximum absolute atomic E-state index is 13.5. The predicted molar refractivity (Wildman–Crippen MR) is 232 cm³/mol. The second-order valence-corrected chi connectivity index (χ2v) is 19.0. The Hall–Kier alpha value is -6.27. The van der Waals surface area contributed by atoms with Crippen LogP contribution in [0.5, 0.6) is 5.75 Å². The van der Waals surface area contributed by atoms with E-state index in [-0.39, 0.29) is 42.8 Å². The molecule has 0 spiro atoms. The number of ether oxygens (including phenoxy) is 1. The van der Waals surface area contributed by atoms with Gasteiger partial charge in [0, 0.05) is 87.6 Å². The molecule has 17 nitrogen and oxygen atoms in total. The number of carbonyl (C=O) groups excluding carboxylic acids is 5. The van der Waals surface area contributed by atoms with Gasteiger partial charge in [-0.25, -0.2) is 23.4 Å². The summed E-state index contributed by atoms with van der Waals surface area (Å²) in [6.45, 7) is 7.65. The number of fused-ring (bicyclic) bond motifs is 1. The number of nitrogens with zero attached hydrogens (tertiary/aromatic N) is 7. The van der Waals surface area contributed by atoms with Gasteiger partial charge in [0.2, 0.25) is 17.7 Å². The van der Waals surface area contributed by atoms with Crippen molar-refractivity contribution in [2.24, 2.45) is 0 Å². The number of nitrogens with one attached hydrogen (secondary N) is 2. The van der Waals surface area contributed by atoms with Crippen LogP contribution in [0.3, 0.4) is 0 Å². The van der Waals surface area contributed by atoms with Gasteiger partial charge in [0.05, 0.1) is 34.9 Å². The lowest BCUT2D eigenvalue weighted by Gasteiger charge is -2.43. The van der Waals surface area contributed by atoms with Crippen molar-refractivity contribution in [2.75, 3.05) is 63.1 Å². The van der Waals surface area contributed by atoms with E-state index in [0.717, 1.165) is 60.9 Å². The van der Waals surface area contributed by atoms with Crippen molar-refractivity contribution in [3.63, 3.8) is 0 Å². The molecule has 2 N–H and O–H groups in total. The molecule has 5 amide bonds. The first-order valence-electron chi connectivity index (χ1n) is 21.3. The molecule has 3 aromatic carbocycles. The van der Waals surface area contributed by atoms with Crippen LogP contribution < -0.4 is 20.3 Å². The van der Waals surface area contributed by atoms with E-state index in [1.54, 1.807) is 51.3 Å². The Kier molecular flexibility index (Phi) is 12.5. The summed E-state index contributed by atoms with van der Waals surface area (Å²) in [6.07, 6.45) is 4.17. The van der Waals surface area contributed by atoms with Gasteiger partial charge in [0.25, 0.3) is 11.8 Å². The Morgan fingerprint density at radius 1 is 0.857 bits per heavy atom. The fourth-order valence-corrected chi connectivity index (χ4v) is 10.2. The molecule has 8 rings (SSSR count). The smallest absolute Gasteiger partial charge is 0.264 e. The number of anilines is 2. The van der Waals surface area contributed by atoms with Gasteiger partial charge in [-0.05, 0) is 62.9 Å². The lowest BCUT2D eigenvalue weighted by atomic mass is 10.0. The van der Waals surface area contributed by atoms with Gasteiger partial charge in [-0.15, -0.1) is 0 Å². The summed E-state index contributed by atoms with van der Waals surface area (Å²) in [5, 5.41) is 4.73. The van der Waals surface area contributed by atoms with E-state index in [1.165, 1.54) is 12.4 Å². The number of amides is 5. The van der Waals surface area contributed by atoms with Crippen molar-refractivity contribution in [3.05, 3.63) is 101 Å². The van der Waals surface area contributed by atoms with Crippen molar-refractivity contribution in [2.45, 2.75) is 74.6 Å². The van der Waals surface area contributed by atoms with Crippen molar-refractivity contribution in [1.82, 2.24) is 35.0 Å². The van der Waals surface area contributed by atoms with Crippen molar-refractivity contribution >= 4 is 50.7 Å². The molecule has 0 saturated carbocycles. The lowest BCUT2D eigenvalue weighted by molar-refractivity contribution is -0.136. The molecule has 1 aromatic heterocycles. The monoisotopic (exact) mass is 877 g/mol. The third-order valence-electron chi connectivity index (χ3n) is 12.5. The van der Waals surface area contributed by atoms with Gasteiger partial charge in [0.15, 0.2) is 9.84 Å². The highest BCUT2D eigenvalue weighted by Crippen LogP contribution is 2.33. The number of piperidine rings is 2. The molecule has 4 aliphatic heterocycles. The fourth-order valence-electron chi connectivity index (χ4n) is 8.91. The predicted octanol–water partition coefficient (Wildman–Crippen LogP) is 2.87. The molecule has 4 aromatic rings. The summed E-state index contributed by atoms with van der Waals surface area (Å²) in [6, 6.07) is 17.3. The van der Waals surface area contributed by atoms with E-state index in [0.29, 0.717) is 53.3 Å². The van der Waals surface area contributed by atoms with Gasteiger partial charge < -0.3 is 19.9 Å². The number of hydrogen-bond donors (Lipinski definition) is 2. The summed E-state index contributed by atoms with van der Waals surface area (Å²) in [5.74, 6) is -0.674. The molecule has 18 heteroatoms. The molecule has 4 aliphatic rings. The molecule has 1 atom stereocenters. The molecule has 3 fully saturated rings. The molecule has 3 saturated heterocycles. The third-order valence-corrected chi connectivity index (χ3v) is 14.7. The van der Waals surface area contributed by atoms with Crippen LogP contribution in [0.4, 0.5) is 11.4 Å². The summed E-state index contributed by atoms with van der Waals surface area (Å²) < 4.78 is 31.9. The highest BCUT2D eigenvalue weighted by molar-refractivity contribution is 7.92. The second kappa shape index (κ2) is 18.2. The Balaban J connectivity index is 0.816. The number of imide groups is 2. The molecule has 63 heavy (non-hydrogen) atoms. The molecule has 1 unspecified atom stereocenters. The average molecular weight is 878 g/mol. The maximum atomic E-state index is 13.5. The van der Waals surface area contributed by atoms with E-state index < -0.39 is 44.8 Å². The molecule has 0 aliphatic carbocycles.